The number of carboxylic acid groups (broad SMARTS) is 1. The Hall–Kier alpha value is 0.0439. The van der Waals surface area contributed by atoms with Crippen LogP contribution in [0.3, 0.4) is 0 Å². The van der Waals surface area contributed by atoms with Gasteiger partial charge in [-0.05, 0) is 6.92 Å². The SMILES string of the molecule is CC(C)C(=O)OC(C)C(=O)O.[Y]. The number of rotatable bonds is 3. The van der Waals surface area contributed by atoms with Crippen LogP contribution in [0.15, 0.2) is 0 Å². The summed E-state index contributed by atoms with van der Waals surface area (Å²) >= 11 is 0. The molecule has 67 valence electrons. The van der Waals surface area contributed by atoms with Gasteiger partial charge in [0.05, 0.1) is 5.92 Å². The van der Waals surface area contributed by atoms with Crippen LogP contribution in [-0.2, 0) is 47.0 Å². The summed E-state index contributed by atoms with van der Waals surface area (Å²) in [7, 11) is 0. The van der Waals surface area contributed by atoms with Crippen molar-refractivity contribution in [1.29, 1.82) is 0 Å². The van der Waals surface area contributed by atoms with E-state index in [2.05, 4.69) is 4.74 Å². The Morgan fingerprint density at radius 1 is 1.25 bits per heavy atom. The Labute approximate surface area is 96.5 Å². The molecule has 0 heterocycles. The van der Waals surface area contributed by atoms with Crippen molar-refractivity contribution in [2.45, 2.75) is 26.9 Å². The van der Waals surface area contributed by atoms with E-state index in [9.17, 15) is 9.59 Å². The fraction of sp³-hybridized carbons (Fsp3) is 0.714. The van der Waals surface area contributed by atoms with Crippen molar-refractivity contribution in [3.05, 3.63) is 0 Å². The van der Waals surface area contributed by atoms with E-state index in [1.165, 1.54) is 6.92 Å². The maximum atomic E-state index is 10.8. The fourth-order valence-corrected chi connectivity index (χ4v) is 0.361. The van der Waals surface area contributed by atoms with Gasteiger partial charge >= 0.3 is 11.9 Å². The number of carbonyl (C=O) groups is 2. The minimum atomic E-state index is -1.13. The van der Waals surface area contributed by atoms with Crippen LogP contribution in [0.2, 0.25) is 0 Å². The molecule has 0 saturated heterocycles. The predicted molar refractivity (Wildman–Crippen MR) is 38.0 cm³/mol. The first-order valence-electron chi connectivity index (χ1n) is 3.38. The van der Waals surface area contributed by atoms with Crippen LogP contribution >= 0.6 is 0 Å². The average Bonchev–Trinajstić information content (AvgIpc) is 1.87. The van der Waals surface area contributed by atoms with Crippen LogP contribution in [0, 0.1) is 5.92 Å². The van der Waals surface area contributed by atoms with Gasteiger partial charge in [0.2, 0.25) is 0 Å². The van der Waals surface area contributed by atoms with Crippen molar-refractivity contribution in [2.75, 3.05) is 0 Å². The van der Waals surface area contributed by atoms with E-state index >= 15 is 0 Å². The van der Waals surface area contributed by atoms with Crippen molar-refractivity contribution < 1.29 is 52.1 Å². The zero-order valence-corrected chi connectivity index (χ0v) is 10.2. The molecule has 4 nitrogen and oxygen atoms in total. The van der Waals surface area contributed by atoms with Gasteiger partial charge in [0, 0.05) is 32.7 Å². The third-order valence-corrected chi connectivity index (χ3v) is 1.11. The molecule has 0 amide bonds. The van der Waals surface area contributed by atoms with Gasteiger partial charge < -0.3 is 9.84 Å². The molecule has 0 aliphatic carbocycles. The van der Waals surface area contributed by atoms with Gasteiger partial charge in [-0.15, -0.1) is 0 Å². The number of hydrogen-bond acceptors (Lipinski definition) is 3. The molecule has 5 heteroatoms. The molecule has 0 aromatic carbocycles. The van der Waals surface area contributed by atoms with Crippen LogP contribution in [0.4, 0.5) is 0 Å². The molecule has 0 saturated carbocycles. The van der Waals surface area contributed by atoms with E-state index in [-0.39, 0.29) is 38.6 Å². The molecule has 0 rings (SSSR count). The van der Waals surface area contributed by atoms with Crippen molar-refractivity contribution in [1.82, 2.24) is 0 Å². The normalized spacial score (nSPS) is 11.7. The van der Waals surface area contributed by atoms with Gasteiger partial charge in [-0.1, -0.05) is 13.8 Å². The van der Waals surface area contributed by atoms with E-state index < -0.39 is 18.0 Å². The summed E-state index contributed by atoms with van der Waals surface area (Å²) in [5, 5.41) is 8.34. The molecule has 1 atom stereocenters. The van der Waals surface area contributed by atoms with Gasteiger partial charge in [0.1, 0.15) is 0 Å². The molecular weight excluding hydrogens is 237 g/mol. The molecule has 0 fully saturated rings. The summed E-state index contributed by atoms with van der Waals surface area (Å²) < 4.78 is 4.53. The molecule has 12 heavy (non-hydrogen) atoms. The Morgan fingerprint density at radius 2 is 1.67 bits per heavy atom. The smallest absolute Gasteiger partial charge is 0.344 e. The molecule has 1 radical (unpaired) electrons. The summed E-state index contributed by atoms with van der Waals surface area (Å²) in [6, 6.07) is 0. The van der Waals surface area contributed by atoms with Crippen molar-refractivity contribution >= 4 is 11.9 Å². The number of hydrogen-bond donors (Lipinski definition) is 1. The summed E-state index contributed by atoms with van der Waals surface area (Å²) in [6.07, 6.45) is -1.05. The quantitative estimate of drug-likeness (QED) is 0.746. The van der Waals surface area contributed by atoms with Gasteiger partial charge in [-0.25, -0.2) is 4.79 Å². The van der Waals surface area contributed by atoms with Gasteiger partial charge in [-0.2, -0.15) is 0 Å². The summed E-state index contributed by atoms with van der Waals surface area (Å²) in [4.78, 5) is 21.0. The number of esters is 1. The van der Waals surface area contributed by atoms with E-state index in [0.29, 0.717) is 0 Å². The van der Waals surface area contributed by atoms with Gasteiger partial charge in [0.15, 0.2) is 6.10 Å². The maximum Gasteiger partial charge on any atom is 0.344 e. The number of aliphatic carboxylic acids is 1. The van der Waals surface area contributed by atoms with Crippen LogP contribution in [0.5, 0.6) is 0 Å². The molecule has 0 spiro atoms. The Kier molecular flexibility index (Phi) is 7.95. The molecule has 0 aliphatic rings. The zero-order chi connectivity index (χ0) is 9.02. The van der Waals surface area contributed by atoms with E-state index in [4.69, 9.17) is 5.11 Å². The first-order chi connectivity index (χ1) is 4.95. The third-order valence-electron chi connectivity index (χ3n) is 1.11. The third kappa shape index (κ3) is 5.66. The van der Waals surface area contributed by atoms with Crippen LogP contribution in [0.1, 0.15) is 20.8 Å². The average molecular weight is 249 g/mol. The second-order valence-electron chi connectivity index (χ2n) is 2.57. The number of carbonyl (C=O) groups excluding carboxylic acids is 1. The predicted octanol–water partition coefficient (Wildman–Crippen LogP) is 0.656. The zero-order valence-electron chi connectivity index (χ0n) is 7.40. The minimum absolute atomic E-state index is 0. The summed E-state index contributed by atoms with van der Waals surface area (Å²) in [6.45, 7) is 4.62. The Bertz CT molecular complexity index is 167. The molecular formula is C7H12O4Y. The second-order valence-corrected chi connectivity index (χ2v) is 2.57. The van der Waals surface area contributed by atoms with Gasteiger partial charge in [-0.3, -0.25) is 4.79 Å². The first kappa shape index (κ1) is 14.6. The van der Waals surface area contributed by atoms with Crippen molar-refractivity contribution in [3.63, 3.8) is 0 Å². The second kappa shape index (κ2) is 6.55. The maximum absolute atomic E-state index is 10.8. The topological polar surface area (TPSA) is 63.6 Å². The van der Waals surface area contributed by atoms with Crippen molar-refractivity contribution in [3.8, 4) is 0 Å². The first-order valence-corrected chi connectivity index (χ1v) is 3.38. The number of carboxylic acids is 1. The molecule has 0 aliphatic heterocycles. The van der Waals surface area contributed by atoms with Crippen LogP contribution in [-0.4, -0.2) is 23.1 Å². The molecule has 1 unspecified atom stereocenters. The number of ether oxygens (including phenoxy) is 1. The fourth-order valence-electron chi connectivity index (χ4n) is 0.361. The monoisotopic (exact) mass is 249 g/mol. The summed E-state index contributed by atoms with van der Waals surface area (Å²) in [5.41, 5.74) is 0. The standard InChI is InChI=1S/C7H12O4.Y/c1-4(2)7(10)11-5(3)6(8)9;/h4-5H,1-3H3,(H,8,9);. The summed E-state index contributed by atoms with van der Waals surface area (Å²) in [5.74, 6) is -1.89. The largest absolute Gasteiger partial charge is 0.479 e. The van der Waals surface area contributed by atoms with E-state index in [1.807, 2.05) is 0 Å². The van der Waals surface area contributed by atoms with E-state index in [1.54, 1.807) is 13.8 Å². The Morgan fingerprint density at radius 3 is 1.92 bits per heavy atom. The molecule has 0 bridgehead atoms. The molecule has 1 N–H and O–H groups in total. The van der Waals surface area contributed by atoms with Crippen LogP contribution < -0.4 is 0 Å². The van der Waals surface area contributed by atoms with Crippen molar-refractivity contribution in [2.24, 2.45) is 5.92 Å². The minimum Gasteiger partial charge on any atom is -0.479 e. The van der Waals surface area contributed by atoms with Gasteiger partial charge in [0.25, 0.3) is 0 Å². The molecule has 0 aromatic rings. The van der Waals surface area contributed by atoms with Crippen LogP contribution in [0.25, 0.3) is 0 Å². The Balaban J connectivity index is 0. The van der Waals surface area contributed by atoms with E-state index in [0.717, 1.165) is 0 Å². The molecule has 0 aromatic heterocycles.